The van der Waals surface area contributed by atoms with Gasteiger partial charge >= 0.3 is 5.97 Å². The number of carbonyl (C=O) groups is 2. The Morgan fingerprint density at radius 1 is 1.26 bits per heavy atom. The van der Waals surface area contributed by atoms with E-state index in [-0.39, 0.29) is 23.6 Å². The lowest BCUT2D eigenvalue weighted by molar-refractivity contribution is -0.153. The monoisotopic (exact) mass is 265 g/mol. The SMILES string of the molecule is O=C(NCC1(C(=O)O)CCC1)c1cc(O)ccc1O. The molecule has 6 heteroatoms. The molecule has 6 nitrogen and oxygen atoms in total. The number of aliphatic carboxylic acids is 1. The molecule has 102 valence electrons. The van der Waals surface area contributed by atoms with Crippen molar-refractivity contribution in [3.8, 4) is 11.5 Å². The van der Waals surface area contributed by atoms with Crippen LogP contribution in [0.4, 0.5) is 0 Å². The Bertz CT molecular complexity index is 522. The summed E-state index contributed by atoms with van der Waals surface area (Å²) >= 11 is 0. The van der Waals surface area contributed by atoms with Crippen molar-refractivity contribution in [1.82, 2.24) is 5.32 Å². The van der Waals surface area contributed by atoms with Gasteiger partial charge in [0.25, 0.3) is 5.91 Å². The molecule has 0 heterocycles. The fraction of sp³-hybridized carbons (Fsp3) is 0.385. The third kappa shape index (κ3) is 2.47. The molecule has 1 saturated carbocycles. The summed E-state index contributed by atoms with van der Waals surface area (Å²) in [7, 11) is 0. The molecule has 1 aromatic carbocycles. The number of carboxylic acids is 1. The van der Waals surface area contributed by atoms with Gasteiger partial charge in [-0.05, 0) is 31.0 Å². The number of phenols is 2. The van der Waals surface area contributed by atoms with Crippen LogP contribution in [0.1, 0.15) is 29.6 Å². The van der Waals surface area contributed by atoms with Gasteiger partial charge in [0.2, 0.25) is 0 Å². The van der Waals surface area contributed by atoms with Gasteiger partial charge in [-0.15, -0.1) is 0 Å². The quantitative estimate of drug-likeness (QED) is 0.609. The molecule has 2 rings (SSSR count). The normalized spacial score (nSPS) is 16.4. The number of rotatable bonds is 4. The topological polar surface area (TPSA) is 107 Å². The van der Waals surface area contributed by atoms with E-state index in [0.717, 1.165) is 12.5 Å². The predicted octanol–water partition coefficient (Wildman–Crippen LogP) is 1.08. The van der Waals surface area contributed by atoms with Crippen molar-refractivity contribution < 1.29 is 24.9 Å². The summed E-state index contributed by atoms with van der Waals surface area (Å²) in [6.07, 6.45) is 1.91. The largest absolute Gasteiger partial charge is 0.508 e. The number of nitrogens with one attached hydrogen (secondary N) is 1. The first-order valence-electron chi connectivity index (χ1n) is 5.98. The highest BCUT2D eigenvalue weighted by Crippen LogP contribution is 2.40. The second-order valence-corrected chi connectivity index (χ2v) is 4.82. The van der Waals surface area contributed by atoms with Crippen molar-refractivity contribution in [1.29, 1.82) is 0 Å². The Labute approximate surface area is 109 Å². The minimum Gasteiger partial charge on any atom is -0.508 e. The molecule has 1 fully saturated rings. The van der Waals surface area contributed by atoms with Crippen LogP contribution in [0, 0.1) is 5.41 Å². The summed E-state index contributed by atoms with van der Waals surface area (Å²) in [5.41, 5.74) is -0.956. The highest BCUT2D eigenvalue weighted by Gasteiger charge is 2.44. The van der Waals surface area contributed by atoms with Gasteiger partial charge in [0.05, 0.1) is 11.0 Å². The van der Waals surface area contributed by atoms with Gasteiger partial charge in [-0.2, -0.15) is 0 Å². The fourth-order valence-electron chi connectivity index (χ4n) is 2.12. The predicted molar refractivity (Wildman–Crippen MR) is 66.0 cm³/mol. The van der Waals surface area contributed by atoms with Crippen LogP contribution in [-0.4, -0.2) is 33.7 Å². The Morgan fingerprint density at radius 3 is 2.47 bits per heavy atom. The van der Waals surface area contributed by atoms with E-state index < -0.39 is 17.3 Å². The Hall–Kier alpha value is -2.24. The fourth-order valence-corrected chi connectivity index (χ4v) is 2.12. The van der Waals surface area contributed by atoms with E-state index in [1.54, 1.807) is 0 Å². The summed E-state index contributed by atoms with van der Waals surface area (Å²) in [6, 6.07) is 3.61. The number of phenolic OH excluding ortho intramolecular Hbond substituents is 2. The average Bonchev–Trinajstić information content (AvgIpc) is 2.30. The number of benzene rings is 1. The Balaban J connectivity index is 2.05. The first-order chi connectivity index (χ1) is 8.94. The van der Waals surface area contributed by atoms with Crippen LogP contribution in [0.5, 0.6) is 11.5 Å². The Morgan fingerprint density at radius 2 is 1.95 bits per heavy atom. The van der Waals surface area contributed by atoms with Crippen molar-refractivity contribution in [3.63, 3.8) is 0 Å². The molecule has 4 N–H and O–H groups in total. The van der Waals surface area contributed by atoms with Crippen molar-refractivity contribution >= 4 is 11.9 Å². The molecule has 0 radical (unpaired) electrons. The van der Waals surface area contributed by atoms with Crippen LogP contribution in [0.3, 0.4) is 0 Å². The lowest BCUT2D eigenvalue weighted by Gasteiger charge is -2.37. The lowest BCUT2D eigenvalue weighted by Crippen LogP contribution is -2.47. The maximum absolute atomic E-state index is 11.9. The zero-order valence-corrected chi connectivity index (χ0v) is 10.2. The van der Waals surface area contributed by atoms with Crippen LogP contribution in [0.2, 0.25) is 0 Å². The number of aromatic hydroxyl groups is 2. The molecule has 0 atom stereocenters. The molecule has 1 aliphatic rings. The standard InChI is InChI=1S/C13H15NO5/c15-8-2-3-10(16)9(6-8)11(17)14-7-13(12(18)19)4-1-5-13/h2-3,6,15-16H,1,4-5,7H2,(H,14,17)(H,18,19). The summed E-state index contributed by atoms with van der Waals surface area (Å²) < 4.78 is 0. The molecule has 0 aromatic heterocycles. The van der Waals surface area contributed by atoms with Crippen LogP contribution < -0.4 is 5.32 Å². The highest BCUT2D eigenvalue weighted by atomic mass is 16.4. The number of hydrogen-bond donors (Lipinski definition) is 4. The van der Waals surface area contributed by atoms with E-state index in [1.165, 1.54) is 12.1 Å². The van der Waals surface area contributed by atoms with Crippen molar-refractivity contribution in [2.24, 2.45) is 5.41 Å². The smallest absolute Gasteiger partial charge is 0.311 e. The molecule has 0 spiro atoms. The van der Waals surface area contributed by atoms with Crippen molar-refractivity contribution in [2.75, 3.05) is 6.54 Å². The van der Waals surface area contributed by atoms with Gasteiger partial charge in [0.15, 0.2) is 0 Å². The second-order valence-electron chi connectivity index (χ2n) is 4.82. The van der Waals surface area contributed by atoms with E-state index in [1.807, 2.05) is 0 Å². The molecule has 1 aromatic rings. The second kappa shape index (κ2) is 4.79. The minimum absolute atomic E-state index is 0.0241. The van der Waals surface area contributed by atoms with Gasteiger partial charge in [0, 0.05) is 6.54 Å². The summed E-state index contributed by atoms with van der Waals surface area (Å²) in [5.74, 6) is -1.91. The summed E-state index contributed by atoms with van der Waals surface area (Å²) in [6.45, 7) is 0.0241. The third-order valence-corrected chi connectivity index (χ3v) is 3.58. The molecular weight excluding hydrogens is 250 g/mol. The average molecular weight is 265 g/mol. The molecule has 0 aliphatic heterocycles. The first-order valence-corrected chi connectivity index (χ1v) is 5.98. The molecule has 0 bridgehead atoms. The zero-order valence-electron chi connectivity index (χ0n) is 10.2. The van der Waals surface area contributed by atoms with Crippen LogP contribution in [0.25, 0.3) is 0 Å². The number of amides is 1. The van der Waals surface area contributed by atoms with Gasteiger partial charge in [0.1, 0.15) is 11.5 Å². The van der Waals surface area contributed by atoms with Crippen LogP contribution in [-0.2, 0) is 4.79 Å². The number of carboxylic acid groups (broad SMARTS) is 1. The van der Waals surface area contributed by atoms with E-state index in [0.29, 0.717) is 12.8 Å². The molecule has 1 aliphatic carbocycles. The third-order valence-electron chi connectivity index (χ3n) is 3.58. The highest BCUT2D eigenvalue weighted by molar-refractivity contribution is 5.97. The number of hydrogen-bond acceptors (Lipinski definition) is 4. The van der Waals surface area contributed by atoms with Crippen molar-refractivity contribution in [2.45, 2.75) is 19.3 Å². The van der Waals surface area contributed by atoms with Gasteiger partial charge in [-0.1, -0.05) is 6.42 Å². The van der Waals surface area contributed by atoms with E-state index in [9.17, 15) is 19.8 Å². The van der Waals surface area contributed by atoms with Crippen molar-refractivity contribution in [3.05, 3.63) is 23.8 Å². The molecule has 0 saturated heterocycles. The van der Waals surface area contributed by atoms with E-state index in [4.69, 9.17) is 5.11 Å². The van der Waals surface area contributed by atoms with E-state index in [2.05, 4.69) is 5.32 Å². The molecule has 19 heavy (non-hydrogen) atoms. The molecular formula is C13H15NO5. The van der Waals surface area contributed by atoms with Crippen LogP contribution in [0.15, 0.2) is 18.2 Å². The summed E-state index contributed by atoms with van der Waals surface area (Å²) in [4.78, 5) is 23.0. The van der Waals surface area contributed by atoms with Gasteiger partial charge in [-0.3, -0.25) is 9.59 Å². The van der Waals surface area contributed by atoms with Gasteiger partial charge in [-0.25, -0.2) is 0 Å². The first kappa shape index (κ1) is 13.2. The van der Waals surface area contributed by atoms with Crippen LogP contribution >= 0.6 is 0 Å². The minimum atomic E-state index is -0.917. The maximum atomic E-state index is 11.9. The zero-order chi connectivity index (χ0) is 14.0. The van der Waals surface area contributed by atoms with E-state index >= 15 is 0 Å². The maximum Gasteiger partial charge on any atom is 0.311 e. The molecule has 1 amide bonds. The Kier molecular flexibility index (Phi) is 3.33. The lowest BCUT2D eigenvalue weighted by atomic mass is 9.69. The number of carbonyl (C=O) groups excluding carboxylic acids is 1. The van der Waals surface area contributed by atoms with Gasteiger partial charge < -0.3 is 20.6 Å². The summed E-state index contributed by atoms with van der Waals surface area (Å²) in [5, 5.41) is 30.4. The molecule has 0 unspecified atom stereocenters.